The van der Waals surface area contributed by atoms with Gasteiger partial charge >= 0.3 is 0 Å². The van der Waals surface area contributed by atoms with Gasteiger partial charge in [-0.15, -0.1) is 0 Å². The lowest BCUT2D eigenvalue weighted by Gasteiger charge is -2.38. The highest BCUT2D eigenvalue weighted by Crippen LogP contribution is 2.20. The van der Waals surface area contributed by atoms with Crippen LogP contribution in [0, 0.1) is 5.92 Å². The lowest BCUT2D eigenvalue weighted by Crippen LogP contribution is -2.52. The Labute approximate surface area is 91.0 Å². The smallest absolute Gasteiger partial charge is 0.133 e. The van der Waals surface area contributed by atoms with Crippen LogP contribution in [0.5, 0.6) is 0 Å². The summed E-state index contributed by atoms with van der Waals surface area (Å²) in [6.07, 6.45) is 2.22. The van der Waals surface area contributed by atoms with Gasteiger partial charge in [-0.1, -0.05) is 0 Å². The van der Waals surface area contributed by atoms with Gasteiger partial charge in [-0.05, 0) is 19.8 Å². The van der Waals surface area contributed by atoms with E-state index >= 15 is 0 Å². The average Bonchev–Trinajstić information content (AvgIpc) is 2.30. The molecule has 0 spiro atoms. The molecule has 4 nitrogen and oxygen atoms in total. The van der Waals surface area contributed by atoms with Crippen molar-refractivity contribution in [2.24, 2.45) is 5.92 Å². The number of nitrogens with zero attached hydrogens (tertiary/aromatic N) is 1. The van der Waals surface area contributed by atoms with E-state index in [-0.39, 0.29) is 12.1 Å². The van der Waals surface area contributed by atoms with Crippen LogP contribution in [-0.4, -0.2) is 49.7 Å². The van der Waals surface area contributed by atoms with Crippen LogP contribution in [0.15, 0.2) is 0 Å². The van der Waals surface area contributed by atoms with Gasteiger partial charge in [0, 0.05) is 32.1 Å². The molecule has 0 aromatic rings. The third-order valence-corrected chi connectivity index (χ3v) is 3.42. The van der Waals surface area contributed by atoms with E-state index in [1.54, 1.807) is 6.92 Å². The molecule has 2 saturated heterocycles. The number of nitrogens with one attached hydrogen (secondary N) is 1. The molecule has 0 aromatic heterocycles. The van der Waals surface area contributed by atoms with Crippen molar-refractivity contribution in [1.82, 2.24) is 10.2 Å². The maximum Gasteiger partial charge on any atom is 0.133 e. The number of rotatable bonds is 2. The fourth-order valence-electron chi connectivity index (χ4n) is 2.38. The maximum atomic E-state index is 11.2. The number of ketones is 1. The third kappa shape index (κ3) is 2.77. The first-order valence-corrected chi connectivity index (χ1v) is 5.84. The number of carbonyl (C=O) groups is 1. The Bertz CT molecular complexity index is 219. The van der Waals surface area contributed by atoms with Crippen LogP contribution in [-0.2, 0) is 9.53 Å². The molecule has 0 amide bonds. The maximum absolute atomic E-state index is 11.2. The molecule has 1 atom stereocenters. The summed E-state index contributed by atoms with van der Waals surface area (Å²) in [5, 5.41) is 3.33. The van der Waals surface area contributed by atoms with E-state index in [1.807, 2.05) is 0 Å². The van der Waals surface area contributed by atoms with Gasteiger partial charge in [0.05, 0.1) is 6.61 Å². The van der Waals surface area contributed by atoms with Crippen molar-refractivity contribution in [3.05, 3.63) is 0 Å². The van der Waals surface area contributed by atoms with Crippen molar-refractivity contribution < 1.29 is 9.53 Å². The monoisotopic (exact) mass is 212 g/mol. The minimum Gasteiger partial charge on any atom is -0.360 e. The number of ether oxygens (including phenoxy) is 1. The molecular weight excluding hydrogens is 192 g/mol. The minimum absolute atomic E-state index is 0.228. The van der Waals surface area contributed by atoms with E-state index in [0.29, 0.717) is 5.78 Å². The van der Waals surface area contributed by atoms with Crippen molar-refractivity contribution in [3.63, 3.8) is 0 Å². The van der Waals surface area contributed by atoms with Crippen LogP contribution in [0.25, 0.3) is 0 Å². The molecule has 0 saturated carbocycles. The fraction of sp³-hybridized carbons (Fsp3) is 0.909. The van der Waals surface area contributed by atoms with Crippen LogP contribution in [0.2, 0.25) is 0 Å². The van der Waals surface area contributed by atoms with Crippen LogP contribution in [0.4, 0.5) is 0 Å². The van der Waals surface area contributed by atoms with Gasteiger partial charge in [-0.25, -0.2) is 0 Å². The highest BCUT2D eigenvalue weighted by Gasteiger charge is 2.28. The molecule has 4 heteroatoms. The zero-order valence-electron chi connectivity index (χ0n) is 9.37. The zero-order valence-corrected chi connectivity index (χ0v) is 9.37. The second-order valence-corrected chi connectivity index (χ2v) is 4.45. The molecule has 15 heavy (non-hydrogen) atoms. The van der Waals surface area contributed by atoms with E-state index in [4.69, 9.17) is 4.74 Å². The number of hydrogen-bond acceptors (Lipinski definition) is 4. The summed E-state index contributed by atoms with van der Waals surface area (Å²) in [5.74, 6) is 0.634. The molecule has 2 aliphatic heterocycles. The Balaban J connectivity index is 1.79. The summed E-state index contributed by atoms with van der Waals surface area (Å²) in [7, 11) is 0. The first-order valence-electron chi connectivity index (χ1n) is 5.84. The molecular formula is C11H20N2O2. The van der Waals surface area contributed by atoms with Gasteiger partial charge in [0.1, 0.15) is 12.0 Å². The van der Waals surface area contributed by atoms with Crippen LogP contribution >= 0.6 is 0 Å². The first kappa shape index (κ1) is 11.0. The molecule has 2 aliphatic rings. The van der Waals surface area contributed by atoms with E-state index in [1.165, 1.54) is 0 Å². The zero-order chi connectivity index (χ0) is 10.7. The van der Waals surface area contributed by atoms with Crippen LogP contribution in [0.3, 0.4) is 0 Å². The molecule has 0 radical (unpaired) electrons. The summed E-state index contributed by atoms with van der Waals surface area (Å²) in [6.45, 7) is 6.38. The van der Waals surface area contributed by atoms with Gasteiger partial charge in [0.25, 0.3) is 0 Å². The quantitative estimate of drug-likeness (QED) is 0.711. The van der Waals surface area contributed by atoms with E-state index < -0.39 is 0 Å². The van der Waals surface area contributed by atoms with E-state index in [0.717, 1.165) is 45.6 Å². The fourth-order valence-corrected chi connectivity index (χ4v) is 2.38. The number of hydrogen-bond donors (Lipinski definition) is 1. The molecule has 2 fully saturated rings. The normalized spacial score (nSPS) is 30.3. The second kappa shape index (κ2) is 5.05. The predicted octanol–water partition coefficient (Wildman–Crippen LogP) is 0.233. The van der Waals surface area contributed by atoms with Gasteiger partial charge in [-0.3, -0.25) is 9.69 Å². The molecule has 0 bridgehead atoms. The van der Waals surface area contributed by atoms with Crippen molar-refractivity contribution in [2.45, 2.75) is 26.0 Å². The van der Waals surface area contributed by atoms with Gasteiger partial charge < -0.3 is 10.1 Å². The molecule has 2 heterocycles. The van der Waals surface area contributed by atoms with Crippen molar-refractivity contribution >= 4 is 5.78 Å². The Kier molecular flexibility index (Phi) is 3.72. The minimum atomic E-state index is 0.228. The van der Waals surface area contributed by atoms with Crippen molar-refractivity contribution in [3.8, 4) is 0 Å². The van der Waals surface area contributed by atoms with E-state index in [2.05, 4.69) is 10.2 Å². The number of Topliss-reactive ketones (excluding diaryl/α,β-unsaturated/α-hetero) is 1. The summed E-state index contributed by atoms with van der Waals surface area (Å²) < 4.78 is 5.69. The summed E-state index contributed by atoms with van der Waals surface area (Å²) in [6, 6.07) is 0. The molecule has 0 aromatic carbocycles. The van der Waals surface area contributed by atoms with E-state index in [9.17, 15) is 4.79 Å². The highest BCUT2D eigenvalue weighted by molar-refractivity contribution is 5.78. The number of morpholine rings is 1. The van der Waals surface area contributed by atoms with Gasteiger partial charge in [-0.2, -0.15) is 0 Å². The van der Waals surface area contributed by atoms with Crippen LogP contribution in [0.1, 0.15) is 19.8 Å². The Morgan fingerprint density at radius 3 is 2.67 bits per heavy atom. The second-order valence-electron chi connectivity index (χ2n) is 4.45. The number of carbonyl (C=O) groups excluding carboxylic acids is 1. The van der Waals surface area contributed by atoms with Gasteiger partial charge in [0.15, 0.2) is 0 Å². The molecule has 1 unspecified atom stereocenters. The molecule has 86 valence electrons. The first-order chi connectivity index (χ1) is 7.27. The molecule has 2 rings (SSSR count). The average molecular weight is 212 g/mol. The van der Waals surface area contributed by atoms with Gasteiger partial charge in [0.2, 0.25) is 0 Å². The predicted molar refractivity (Wildman–Crippen MR) is 57.6 cm³/mol. The number of likely N-dealkylation sites (tertiary alicyclic amines) is 1. The Hall–Kier alpha value is -0.450. The topological polar surface area (TPSA) is 41.6 Å². The highest BCUT2D eigenvalue weighted by atomic mass is 16.5. The standard InChI is InChI=1S/C11H20N2O2/c1-9(14)10-2-5-13(6-3-10)11-8-12-4-7-15-11/h10-12H,2-8H2,1H3. The Morgan fingerprint density at radius 1 is 1.40 bits per heavy atom. The van der Waals surface area contributed by atoms with Crippen molar-refractivity contribution in [2.75, 3.05) is 32.8 Å². The summed E-state index contributed by atoms with van der Waals surface area (Å²) in [5.41, 5.74) is 0. The molecule has 1 N–H and O–H groups in total. The SMILES string of the molecule is CC(=O)C1CCN(C2CNCCO2)CC1. The largest absolute Gasteiger partial charge is 0.360 e. The summed E-state index contributed by atoms with van der Waals surface area (Å²) >= 11 is 0. The lowest BCUT2D eigenvalue weighted by atomic mass is 9.93. The lowest BCUT2D eigenvalue weighted by molar-refractivity contribution is -0.125. The Morgan fingerprint density at radius 2 is 2.13 bits per heavy atom. The van der Waals surface area contributed by atoms with Crippen LogP contribution < -0.4 is 5.32 Å². The van der Waals surface area contributed by atoms with Crippen molar-refractivity contribution in [1.29, 1.82) is 0 Å². The molecule has 0 aliphatic carbocycles. The number of piperidine rings is 1. The summed E-state index contributed by atoms with van der Waals surface area (Å²) in [4.78, 5) is 13.6. The third-order valence-electron chi connectivity index (χ3n) is 3.42.